The van der Waals surface area contributed by atoms with Crippen LogP contribution in [0.5, 0.6) is 0 Å². The average molecular weight is 359 g/mol. The molecule has 0 atom stereocenters. The fourth-order valence-corrected chi connectivity index (χ4v) is 3.72. The van der Waals surface area contributed by atoms with Gasteiger partial charge in [-0.25, -0.2) is 0 Å². The number of thiophene rings is 1. The molecule has 2 heterocycles. The molecule has 0 aliphatic carbocycles. The van der Waals surface area contributed by atoms with Crippen molar-refractivity contribution >= 4 is 39.1 Å². The molecule has 0 radical (unpaired) electrons. The van der Waals surface area contributed by atoms with Gasteiger partial charge in [0.15, 0.2) is 0 Å². The molecule has 0 bridgehead atoms. The van der Waals surface area contributed by atoms with E-state index in [1.54, 1.807) is 0 Å². The van der Waals surface area contributed by atoms with Crippen molar-refractivity contribution in [1.82, 2.24) is 9.80 Å². The zero-order chi connectivity index (χ0) is 14.9. The Morgan fingerprint density at radius 2 is 1.75 bits per heavy atom. The van der Waals surface area contributed by atoms with Gasteiger partial charge in [-0.1, -0.05) is 13.8 Å². The molecule has 0 aromatic carbocycles. The van der Waals surface area contributed by atoms with Gasteiger partial charge in [0.05, 0.1) is 8.66 Å². The number of nitrogens with zero attached hydrogens (tertiary/aromatic N) is 2. The Hall–Kier alpha value is -0.880. The predicted octanol–water partition coefficient (Wildman–Crippen LogP) is 2.76. The summed E-state index contributed by atoms with van der Waals surface area (Å²) in [5, 5.41) is 0. The molecule has 2 amide bonds. The lowest BCUT2D eigenvalue weighted by Gasteiger charge is -2.35. The van der Waals surface area contributed by atoms with Gasteiger partial charge in [0.1, 0.15) is 0 Å². The van der Waals surface area contributed by atoms with Crippen LogP contribution >= 0.6 is 27.3 Å². The summed E-state index contributed by atoms with van der Waals surface area (Å²) in [5.74, 6) is 0.264. The molecule has 1 aromatic heterocycles. The molecule has 0 spiro atoms. The van der Waals surface area contributed by atoms with Gasteiger partial charge in [-0.2, -0.15) is 0 Å². The highest BCUT2D eigenvalue weighted by Crippen LogP contribution is 2.28. The predicted molar refractivity (Wildman–Crippen MR) is 84.1 cm³/mol. The molecule has 1 saturated heterocycles. The minimum absolute atomic E-state index is 0.0214. The number of amides is 2. The first-order valence-electron chi connectivity index (χ1n) is 6.74. The van der Waals surface area contributed by atoms with Gasteiger partial charge in [-0.3, -0.25) is 9.59 Å². The van der Waals surface area contributed by atoms with Crippen LogP contribution in [0.25, 0.3) is 0 Å². The average Bonchev–Trinajstić information content (AvgIpc) is 2.77. The minimum atomic E-state index is 0.0214. The van der Waals surface area contributed by atoms with Crippen LogP contribution in [0.1, 0.15) is 29.1 Å². The number of carbonyl (C=O) groups excluding carboxylic acids is 2. The van der Waals surface area contributed by atoms with E-state index in [0.29, 0.717) is 26.2 Å². The van der Waals surface area contributed by atoms with Crippen LogP contribution in [0.15, 0.2) is 9.85 Å². The molecule has 4 nitrogen and oxygen atoms in total. The molecule has 110 valence electrons. The molecular formula is C14H19BrN2O2S. The van der Waals surface area contributed by atoms with Crippen molar-refractivity contribution in [3.8, 4) is 0 Å². The van der Waals surface area contributed by atoms with Gasteiger partial charge < -0.3 is 9.80 Å². The van der Waals surface area contributed by atoms with E-state index in [9.17, 15) is 9.59 Å². The van der Waals surface area contributed by atoms with E-state index in [1.807, 2.05) is 36.6 Å². The molecule has 1 fully saturated rings. The smallest absolute Gasteiger partial charge is 0.264 e. The van der Waals surface area contributed by atoms with E-state index in [1.165, 1.54) is 11.3 Å². The maximum absolute atomic E-state index is 12.4. The maximum atomic E-state index is 12.4. The van der Waals surface area contributed by atoms with E-state index in [4.69, 9.17) is 0 Å². The maximum Gasteiger partial charge on any atom is 0.264 e. The third-order valence-corrected chi connectivity index (χ3v) is 5.57. The Labute approximate surface area is 131 Å². The third-order valence-electron chi connectivity index (χ3n) is 3.44. The van der Waals surface area contributed by atoms with Gasteiger partial charge in [0.25, 0.3) is 5.91 Å². The van der Waals surface area contributed by atoms with E-state index in [-0.39, 0.29) is 17.7 Å². The topological polar surface area (TPSA) is 40.6 Å². The van der Waals surface area contributed by atoms with Crippen molar-refractivity contribution < 1.29 is 9.59 Å². The highest BCUT2D eigenvalue weighted by atomic mass is 79.9. The highest BCUT2D eigenvalue weighted by molar-refractivity contribution is 9.11. The summed E-state index contributed by atoms with van der Waals surface area (Å²) in [6.07, 6.45) is 0. The van der Waals surface area contributed by atoms with E-state index in [2.05, 4.69) is 15.9 Å². The summed E-state index contributed by atoms with van der Waals surface area (Å²) in [6.45, 7) is 8.30. The van der Waals surface area contributed by atoms with E-state index >= 15 is 0 Å². The number of carbonyl (C=O) groups is 2. The second-order valence-corrected chi connectivity index (χ2v) is 7.71. The Bertz CT molecular complexity index is 500. The fraction of sp³-hybridized carbons (Fsp3) is 0.571. The Balaban J connectivity index is 1.97. The quantitative estimate of drug-likeness (QED) is 0.815. The van der Waals surface area contributed by atoms with Gasteiger partial charge in [-0.05, 0) is 34.5 Å². The lowest BCUT2D eigenvalue weighted by atomic mass is 10.1. The first-order valence-corrected chi connectivity index (χ1v) is 8.35. The van der Waals surface area contributed by atoms with Crippen LogP contribution in [0.4, 0.5) is 0 Å². The summed E-state index contributed by atoms with van der Waals surface area (Å²) in [4.78, 5) is 28.7. The third kappa shape index (κ3) is 3.23. The van der Waals surface area contributed by atoms with Gasteiger partial charge in [0, 0.05) is 32.1 Å². The number of rotatable bonds is 2. The summed E-state index contributed by atoms with van der Waals surface area (Å²) in [5.41, 5.74) is 1.09. The summed E-state index contributed by atoms with van der Waals surface area (Å²) < 4.78 is 1.01. The zero-order valence-electron chi connectivity index (χ0n) is 12.0. The monoisotopic (exact) mass is 358 g/mol. The second kappa shape index (κ2) is 6.26. The van der Waals surface area contributed by atoms with Crippen molar-refractivity contribution in [2.45, 2.75) is 20.8 Å². The molecule has 0 N–H and O–H groups in total. The summed E-state index contributed by atoms with van der Waals surface area (Å²) >= 11 is 4.92. The standard InChI is InChI=1S/C14H19BrN2O2S/c1-9(2)13(18)16-4-6-17(7-5-16)14(19)11-8-10(3)12(15)20-11/h8-9H,4-7H2,1-3H3. The molecule has 1 aliphatic rings. The Morgan fingerprint density at radius 3 is 2.20 bits per heavy atom. The fourth-order valence-electron chi connectivity index (χ4n) is 2.22. The number of hydrogen-bond donors (Lipinski definition) is 0. The number of aryl methyl sites for hydroxylation is 1. The van der Waals surface area contributed by atoms with Crippen LogP contribution in [-0.4, -0.2) is 47.8 Å². The van der Waals surface area contributed by atoms with E-state index < -0.39 is 0 Å². The van der Waals surface area contributed by atoms with Gasteiger partial charge in [-0.15, -0.1) is 11.3 Å². The first-order chi connectivity index (χ1) is 9.40. The number of halogens is 1. The molecule has 0 saturated carbocycles. The minimum Gasteiger partial charge on any atom is -0.339 e. The summed E-state index contributed by atoms with van der Waals surface area (Å²) in [7, 11) is 0. The molecular weight excluding hydrogens is 340 g/mol. The Morgan fingerprint density at radius 1 is 1.20 bits per heavy atom. The van der Waals surface area contributed by atoms with Crippen molar-refractivity contribution in [2.75, 3.05) is 26.2 Å². The molecule has 6 heteroatoms. The lowest BCUT2D eigenvalue weighted by molar-refractivity contribution is -0.135. The van der Waals surface area contributed by atoms with Crippen molar-refractivity contribution in [1.29, 1.82) is 0 Å². The van der Waals surface area contributed by atoms with Crippen LogP contribution in [0.2, 0.25) is 0 Å². The van der Waals surface area contributed by atoms with Crippen molar-refractivity contribution in [3.05, 3.63) is 20.3 Å². The Kier molecular flexibility index (Phi) is 4.86. The second-order valence-electron chi connectivity index (χ2n) is 5.34. The van der Waals surface area contributed by atoms with Gasteiger partial charge in [0.2, 0.25) is 5.91 Å². The largest absolute Gasteiger partial charge is 0.339 e. The van der Waals surface area contributed by atoms with Gasteiger partial charge >= 0.3 is 0 Å². The molecule has 0 unspecified atom stereocenters. The van der Waals surface area contributed by atoms with Crippen LogP contribution in [0, 0.1) is 12.8 Å². The molecule has 1 aromatic rings. The SMILES string of the molecule is Cc1cc(C(=O)N2CCN(C(=O)C(C)C)CC2)sc1Br. The highest BCUT2D eigenvalue weighted by Gasteiger charge is 2.26. The summed E-state index contributed by atoms with van der Waals surface area (Å²) in [6, 6.07) is 1.92. The lowest BCUT2D eigenvalue weighted by Crippen LogP contribution is -2.51. The zero-order valence-corrected chi connectivity index (χ0v) is 14.4. The molecule has 1 aliphatic heterocycles. The van der Waals surface area contributed by atoms with Crippen molar-refractivity contribution in [3.63, 3.8) is 0 Å². The van der Waals surface area contributed by atoms with Crippen LogP contribution in [0.3, 0.4) is 0 Å². The number of hydrogen-bond acceptors (Lipinski definition) is 3. The molecule has 2 rings (SSSR count). The van der Waals surface area contributed by atoms with Crippen LogP contribution < -0.4 is 0 Å². The molecule has 20 heavy (non-hydrogen) atoms. The van der Waals surface area contributed by atoms with E-state index in [0.717, 1.165) is 14.2 Å². The first kappa shape index (κ1) is 15.5. The van der Waals surface area contributed by atoms with Crippen LogP contribution in [-0.2, 0) is 4.79 Å². The van der Waals surface area contributed by atoms with Crippen molar-refractivity contribution in [2.24, 2.45) is 5.92 Å². The normalized spacial score (nSPS) is 15.8. The number of piperazine rings is 1.